The van der Waals surface area contributed by atoms with Gasteiger partial charge in [-0.25, -0.2) is 9.97 Å². The molecule has 0 saturated carbocycles. The third-order valence-corrected chi connectivity index (χ3v) is 3.37. The van der Waals surface area contributed by atoms with Crippen molar-refractivity contribution in [2.45, 2.75) is 12.7 Å². The molecule has 1 aromatic carbocycles. The van der Waals surface area contributed by atoms with Gasteiger partial charge in [-0.2, -0.15) is 13.2 Å². The summed E-state index contributed by atoms with van der Waals surface area (Å²) in [4.78, 5) is 29.7. The van der Waals surface area contributed by atoms with E-state index >= 15 is 0 Å². The van der Waals surface area contributed by atoms with E-state index in [0.29, 0.717) is 21.6 Å². The van der Waals surface area contributed by atoms with Crippen LogP contribution in [-0.4, -0.2) is 26.9 Å². The van der Waals surface area contributed by atoms with E-state index in [1.54, 1.807) is 0 Å². The van der Waals surface area contributed by atoms with Crippen molar-refractivity contribution >= 4 is 12.0 Å². The number of nitrogens with zero attached hydrogens (tertiary/aromatic N) is 3. The zero-order valence-electron chi connectivity index (χ0n) is 11.3. The Kier molecular flexibility index (Phi) is 3.28. The van der Waals surface area contributed by atoms with Crippen molar-refractivity contribution in [1.82, 2.24) is 14.9 Å². The lowest BCUT2D eigenvalue weighted by molar-refractivity contribution is -0.261. The first kappa shape index (κ1) is 14.9. The highest BCUT2D eigenvalue weighted by Gasteiger charge is 2.34. The number of halogens is 3. The normalized spacial score (nSPS) is 14.0. The van der Waals surface area contributed by atoms with E-state index in [9.17, 15) is 27.9 Å². The fraction of sp³-hybridized carbons (Fsp3) is 0.143. The van der Waals surface area contributed by atoms with Gasteiger partial charge >= 0.3 is 6.18 Å². The van der Waals surface area contributed by atoms with Crippen molar-refractivity contribution < 1.29 is 27.9 Å². The lowest BCUT2D eigenvalue weighted by Gasteiger charge is -2.14. The Balaban J connectivity index is 1.94. The van der Waals surface area contributed by atoms with Crippen LogP contribution >= 0.6 is 0 Å². The van der Waals surface area contributed by atoms with Gasteiger partial charge < -0.3 is 9.90 Å². The molecular formula is C14H7F3N3O3-. The molecule has 118 valence electrons. The van der Waals surface area contributed by atoms with Gasteiger partial charge in [0.2, 0.25) is 5.82 Å². The second kappa shape index (κ2) is 5.04. The highest BCUT2D eigenvalue weighted by Crippen LogP contribution is 2.30. The van der Waals surface area contributed by atoms with Crippen molar-refractivity contribution in [2.75, 3.05) is 0 Å². The van der Waals surface area contributed by atoms with Gasteiger partial charge in [-0.1, -0.05) is 6.07 Å². The molecule has 23 heavy (non-hydrogen) atoms. The highest BCUT2D eigenvalue weighted by molar-refractivity contribution is 6.06. The number of imide groups is 1. The summed E-state index contributed by atoms with van der Waals surface area (Å²) in [5.74, 6) is -1.93. The first-order valence-corrected chi connectivity index (χ1v) is 6.33. The molecule has 0 fully saturated rings. The van der Waals surface area contributed by atoms with Crippen LogP contribution in [0.15, 0.2) is 30.6 Å². The molecule has 0 radical (unpaired) electrons. The van der Waals surface area contributed by atoms with Gasteiger partial charge in [0.25, 0.3) is 5.91 Å². The summed E-state index contributed by atoms with van der Waals surface area (Å²) in [5, 5.41) is 10.8. The van der Waals surface area contributed by atoms with Gasteiger partial charge in [0, 0.05) is 23.5 Å². The van der Waals surface area contributed by atoms with Crippen molar-refractivity contribution in [2.24, 2.45) is 0 Å². The largest absolute Gasteiger partial charge is 0.530 e. The Morgan fingerprint density at radius 2 is 1.83 bits per heavy atom. The molecule has 0 saturated heterocycles. The lowest BCUT2D eigenvalue weighted by atomic mass is 10.0. The molecule has 0 unspecified atom stereocenters. The van der Waals surface area contributed by atoms with Crippen LogP contribution in [0.5, 0.6) is 0 Å². The Bertz CT molecular complexity index is 803. The molecule has 1 aliphatic rings. The molecule has 0 atom stereocenters. The average Bonchev–Trinajstić information content (AvgIpc) is 2.83. The van der Waals surface area contributed by atoms with Crippen molar-refractivity contribution in [3.8, 4) is 11.1 Å². The monoisotopic (exact) mass is 322 g/mol. The smallest absolute Gasteiger partial charge is 0.451 e. The van der Waals surface area contributed by atoms with Gasteiger partial charge in [0.1, 0.15) is 6.09 Å². The Morgan fingerprint density at radius 1 is 1.17 bits per heavy atom. The predicted molar refractivity (Wildman–Crippen MR) is 67.7 cm³/mol. The Labute approximate surface area is 127 Å². The highest BCUT2D eigenvalue weighted by atomic mass is 19.4. The van der Waals surface area contributed by atoms with Crippen molar-refractivity contribution in [3.63, 3.8) is 0 Å². The van der Waals surface area contributed by atoms with E-state index in [1.165, 1.54) is 18.2 Å². The van der Waals surface area contributed by atoms with E-state index in [4.69, 9.17) is 0 Å². The fourth-order valence-corrected chi connectivity index (χ4v) is 2.27. The lowest BCUT2D eigenvalue weighted by Crippen LogP contribution is -2.41. The quantitative estimate of drug-likeness (QED) is 0.793. The molecule has 1 aromatic heterocycles. The predicted octanol–water partition coefficient (Wildman–Crippen LogP) is 1.46. The number of rotatable bonds is 1. The van der Waals surface area contributed by atoms with Crippen LogP contribution in [0.25, 0.3) is 11.1 Å². The summed E-state index contributed by atoms with van der Waals surface area (Å²) < 4.78 is 37.3. The summed E-state index contributed by atoms with van der Waals surface area (Å²) in [7, 11) is 0. The summed E-state index contributed by atoms with van der Waals surface area (Å²) >= 11 is 0. The number of carbonyl (C=O) groups excluding carboxylic acids is 2. The molecule has 1 aliphatic heterocycles. The van der Waals surface area contributed by atoms with Crippen molar-refractivity contribution in [3.05, 3.63) is 47.5 Å². The zero-order valence-corrected chi connectivity index (χ0v) is 11.3. The summed E-state index contributed by atoms with van der Waals surface area (Å²) in [5.41, 5.74) is 1.45. The minimum absolute atomic E-state index is 0.161. The first-order chi connectivity index (χ1) is 10.8. The second-order valence-corrected chi connectivity index (χ2v) is 4.82. The topological polar surface area (TPSA) is 86.2 Å². The maximum Gasteiger partial charge on any atom is 0.451 e. The summed E-state index contributed by atoms with van der Waals surface area (Å²) in [6.07, 6.45) is -4.20. The molecule has 0 spiro atoms. The number of fused-ring (bicyclic) bond motifs is 1. The molecule has 6 nitrogen and oxygen atoms in total. The van der Waals surface area contributed by atoms with Crippen LogP contribution in [0.2, 0.25) is 0 Å². The maximum atomic E-state index is 12.4. The molecule has 2 heterocycles. The van der Waals surface area contributed by atoms with Crippen molar-refractivity contribution in [1.29, 1.82) is 0 Å². The molecule has 0 N–H and O–H groups in total. The molecule has 0 aliphatic carbocycles. The van der Waals surface area contributed by atoms with Crippen LogP contribution < -0.4 is 5.11 Å². The number of hydrogen-bond acceptors (Lipinski definition) is 5. The van der Waals surface area contributed by atoms with Gasteiger partial charge in [0.15, 0.2) is 0 Å². The second-order valence-electron chi connectivity index (χ2n) is 4.82. The van der Waals surface area contributed by atoms with Gasteiger partial charge in [-0.15, -0.1) is 0 Å². The maximum absolute atomic E-state index is 12.4. The van der Waals surface area contributed by atoms with E-state index in [0.717, 1.165) is 12.4 Å². The van der Waals surface area contributed by atoms with E-state index in [2.05, 4.69) is 9.97 Å². The zero-order chi connectivity index (χ0) is 16.8. The van der Waals surface area contributed by atoms with Gasteiger partial charge in [-0.05, 0) is 23.3 Å². The molecule has 9 heteroatoms. The number of amides is 2. The van der Waals surface area contributed by atoms with Crippen LogP contribution in [0.1, 0.15) is 21.7 Å². The fourth-order valence-electron chi connectivity index (χ4n) is 2.27. The third-order valence-electron chi connectivity index (χ3n) is 3.37. The number of aromatic nitrogens is 2. The van der Waals surface area contributed by atoms with E-state index in [1.807, 2.05) is 0 Å². The molecule has 2 amide bonds. The van der Waals surface area contributed by atoms with Crippen LogP contribution in [0, 0.1) is 0 Å². The Morgan fingerprint density at radius 3 is 2.39 bits per heavy atom. The molecular weight excluding hydrogens is 315 g/mol. The minimum atomic E-state index is -4.63. The number of alkyl halides is 3. The summed E-state index contributed by atoms with van der Waals surface area (Å²) in [6.45, 7) is -0.161. The van der Waals surface area contributed by atoms with Crippen LogP contribution in [0.4, 0.5) is 18.0 Å². The summed E-state index contributed by atoms with van der Waals surface area (Å²) in [6, 6.07) is 4.41. The van der Waals surface area contributed by atoms with E-state index in [-0.39, 0.29) is 12.1 Å². The molecule has 2 aromatic rings. The van der Waals surface area contributed by atoms with Crippen LogP contribution in [0.3, 0.4) is 0 Å². The molecule has 0 bridgehead atoms. The minimum Gasteiger partial charge on any atom is -0.530 e. The number of benzene rings is 1. The third kappa shape index (κ3) is 2.60. The van der Waals surface area contributed by atoms with Gasteiger partial charge in [0.05, 0.1) is 6.54 Å². The average molecular weight is 322 g/mol. The van der Waals surface area contributed by atoms with Gasteiger partial charge in [-0.3, -0.25) is 9.69 Å². The molecule has 3 rings (SSSR count). The number of carbonyl (C=O) groups is 2. The van der Waals surface area contributed by atoms with E-state index < -0.39 is 24.0 Å². The Hall–Kier alpha value is -2.97. The standard InChI is InChI=1S/C14H8F3N3O3/c15-14(16,17)12-18-4-9(5-19-12)7-1-2-10-8(3-7)6-20(11(10)21)13(22)23/h1-5H,6H2,(H,22,23)/p-1. The van der Waals surface area contributed by atoms with Crippen LogP contribution in [-0.2, 0) is 12.7 Å². The SMILES string of the molecule is O=C([O-])N1Cc2cc(-c3cnc(C(F)(F)F)nc3)ccc2C1=O. The number of carboxylic acid groups (broad SMARTS) is 1. The number of hydrogen-bond donors (Lipinski definition) is 0. The first-order valence-electron chi connectivity index (χ1n) is 6.33.